The standard InChI is InChI=1S/C24H35F2N3O5/c1-23(2,3)34-22(32)29-19(21(31)33-4)13-15-5-7-17(8-6-15)28-20(30)14-18(27)16-9-11-24(25,26)12-10-16/h5-8,16,18-19H,9-14,27H2,1-4H3,(H,28,30)(H,29,32)/t18-,19-/m1/s1. The molecule has 0 aromatic heterocycles. The third-order valence-corrected chi connectivity index (χ3v) is 5.64. The number of carbonyl (C=O) groups excluding carboxylic acids is 3. The van der Waals surface area contributed by atoms with Crippen molar-refractivity contribution >= 4 is 23.7 Å². The Bertz CT molecular complexity index is 845. The van der Waals surface area contributed by atoms with Crippen LogP contribution in [0.2, 0.25) is 0 Å². The molecule has 0 spiro atoms. The maximum atomic E-state index is 13.3. The van der Waals surface area contributed by atoms with Gasteiger partial charge in [-0.3, -0.25) is 4.79 Å². The quantitative estimate of drug-likeness (QED) is 0.484. The number of anilines is 1. The van der Waals surface area contributed by atoms with Crippen LogP contribution in [0.3, 0.4) is 0 Å². The zero-order valence-electron chi connectivity index (χ0n) is 20.2. The average molecular weight is 484 g/mol. The molecule has 2 amide bonds. The van der Waals surface area contributed by atoms with Crippen LogP contribution < -0.4 is 16.4 Å². The minimum absolute atomic E-state index is 0.0439. The lowest BCUT2D eigenvalue weighted by atomic mass is 9.81. The molecule has 0 heterocycles. The lowest BCUT2D eigenvalue weighted by Crippen LogP contribution is -2.45. The molecule has 8 nitrogen and oxygen atoms in total. The molecule has 190 valence electrons. The molecule has 2 rings (SSSR count). The number of hydrogen-bond donors (Lipinski definition) is 3. The number of halogens is 2. The number of alkyl carbamates (subject to hydrolysis) is 1. The summed E-state index contributed by atoms with van der Waals surface area (Å²) in [6.45, 7) is 5.15. The monoisotopic (exact) mass is 483 g/mol. The summed E-state index contributed by atoms with van der Waals surface area (Å²) in [6, 6.07) is 5.34. The van der Waals surface area contributed by atoms with Gasteiger partial charge in [0.25, 0.3) is 0 Å². The van der Waals surface area contributed by atoms with Crippen molar-refractivity contribution < 1.29 is 32.6 Å². The van der Waals surface area contributed by atoms with E-state index in [9.17, 15) is 23.2 Å². The molecule has 2 atom stereocenters. The van der Waals surface area contributed by atoms with Gasteiger partial charge in [0, 0.05) is 37.4 Å². The van der Waals surface area contributed by atoms with Crippen LogP contribution in [0.4, 0.5) is 19.3 Å². The Morgan fingerprint density at radius 2 is 1.74 bits per heavy atom. The fraction of sp³-hybridized carbons (Fsp3) is 0.625. The minimum atomic E-state index is -2.63. The Balaban J connectivity index is 1.89. The Morgan fingerprint density at radius 1 is 1.15 bits per heavy atom. The summed E-state index contributed by atoms with van der Waals surface area (Å²) in [5.41, 5.74) is 6.64. The van der Waals surface area contributed by atoms with E-state index in [1.807, 2.05) is 0 Å². The van der Waals surface area contributed by atoms with E-state index in [2.05, 4.69) is 10.6 Å². The van der Waals surface area contributed by atoms with Crippen molar-refractivity contribution in [2.45, 2.75) is 82.9 Å². The zero-order chi connectivity index (χ0) is 25.5. The lowest BCUT2D eigenvalue weighted by Gasteiger charge is -2.31. The molecule has 0 unspecified atom stereocenters. The first-order valence-electron chi connectivity index (χ1n) is 11.4. The van der Waals surface area contributed by atoms with Gasteiger partial charge in [-0.25, -0.2) is 18.4 Å². The van der Waals surface area contributed by atoms with Crippen LogP contribution in [0, 0.1) is 5.92 Å². The van der Waals surface area contributed by atoms with E-state index < -0.39 is 35.7 Å². The van der Waals surface area contributed by atoms with Gasteiger partial charge in [0.1, 0.15) is 11.6 Å². The van der Waals surface area contributed by atoms with Crippen LogP contribution in [0.5, 0.6) is 0 Å². The predicted molar refractivity (Wildman–Crippen MR) is 123 cm³/mol. The van der Waals surface area contributed by atoms with Crippen LogP contribution >= 0.6 is 0 Å². The van der Waals surface area contributed by atoms with Gasteiger partial charge in [0.2, 0.25) is 11.8 Å². The van der Waals surface area contributed by atoms with Gasteiger partial charge in [-0.05, 0) is 57.2 Å². The number of rotatable bonds is 8. The molecule has 34 heavy (non-hydrogen) atoms. The van der Waals surface area contributed by atoms with E-state index in [0.717, 1.165) is 5.56 Å². The van der Waals surface area contributed by atoms with Crippen molar-refractivity contribution in [3.8, 4) is 0 Å². The molecule has 0 radical (unpaired) electrons. The third-order valence-electron chi connectivity index (χ3n) is 5.64. The van der Waals surface area contributed by atoms with Crippen molar-refractivity contribution in [2.24, 2.45) is 11.7 Å². The number of nitrogens with one attached hydrogen (secondary N) is 2. The molecule has 1 aromatic carbocycles. The number of methoxy groups -OCH3 is 1. The predicted octanol–water partition coefficient (Wildman–Crippen LogP) is 3.78. The molecule has 1 aliphatic carbocycles. The molecule has 1 aromatic rings. The molecule has 1 fully saturated rings. The summed E-state index contributed by atoms with van der Waals surface area (Å²) in [7, 11) is 1.23. The highest BCUT2D eigenvalue weighted by molar-refractivity contribution is 5.91. The number of carbonyl (C=O) groups is 3. The molecule has 1 aliphatic rings. The second kappa shape index (κ2) is 11.6. The van der Waals surface area contributed by atoms with Gasteiger partial charge in [-0.1, -0.05) is 12.1 Å². The average Bonchev–Trinajstić information content (AvgIpc) is 2.72. The summed E-state index contributed by atoms with van der Waals surface area (Å²) in [5.74, 6) is -3.63. The number of alkyl halides is 2. The van der Waals surface area contributed by atoms with Gasteiger partial charge in [0.05, 0.1) is 7.11 Å². The first-order chi connectivity index (χ1) is 15.8. The molecule has 0 saturated heterocycles. The van der Waals surface area contributed by atoms with E-state index in [1.165, 1.54) is 7.11 Å². The van der Waals surface area contributed by atoms with E-state index in [4.69, 9.17) is 15.2 Å². The van der Waals surface area contributed by atoms with Gasteiger partial charge >= 0.3 is 12.1 Å². The highest BCUT2D eigenvalue weighted by Gasteiger charge is 2.37. The topological polar surface area (TPSA) is 120 Å². The zero-order valence-corrected chi connectivity index (χ0v) is 20.2. The highest BCUT2D eigenvalue weighted by atomic mass is 19.3. The summed E-state index contributed by atoms with van der Waals surface area (Å²) < 4.78 is 36.6. The molecule has 1 saturated carbocycles. The van der Waals surface area contributed by atoms with Crippen molar-refractivity contribution in [1.29, 1.82) is 0 Å². The second-order valence-electron chi connectivity index (χ2n) is 9.73. The van der Waals surface area contributed by atoms with E-state index in [1.54, 1.807) is 45.0 Å². The van der Waals surface area contributed by atoms with Crippen molar-refractivity contribution in [3.05, 3.63) is 29.8 Å². The largest absolute Gasteiger partial charge is 0.467 e. The second-order valence-corrected chi connectivity index (χ2v) is 9.73. The fourth-order valence-electron chi connectivity index (χ4n) is 3.83. The Hall–Kier alpha value is -2.75. The summed E-state index contributed by atoms with van der Waals surface area (Å²) in [4.78, 5) is 36.5. The van der Waals surface area contributed by atoms with Crippen LogP contribution in [-0.2, 0) is 25.5 Å². The molecule has 0 aliphatic heterocycles. The summed E-state index contributed by atoms with van der Waals surface area (Å²) in [6.07, 6.45) is -0.276. The lowest BCUT2D eigenvalue weighted by molar-refractivity contribution is -0.143. The number of esters is 1. The third kappa shape index (κ3) is 9.24. The number of ether oxygens (including phenoxy) is 2. The Kier molecular flexibility index (Phi) is 9.37. The Labute approximate surface area is 198 Å². The van der Waals surface area contributed by atoms with Gasteiger partial charge in [0.15, 0.2) is 0 Å². The van der Waals surface area contributed by atoms with Crippen LogP contribution in [0.15, 0.2) is 24.3 Å². The van der Waals surface area contributed by atoms with Crippen LogP contribution in [0.25, 0.3) is 0 Å². The maximum absolute atomic E-state index is 13.3. The van der Waals surface area contributed by atoms with E-state index >= 15 is 0 Å². The molecular formula is C24H35F2N3O5. The first-order valence-corrected chi connectivity index (χ1v) is 11.4. The molecule has 4 N–H and O–H groups in total. The summed E-state index contributed by atoms with van der Waals surface area (Å²) in [5, 5.41) is 5.26. The number of benzene rings is 1. The summed E-state index contributed by atoms with van der Waals surface area (Å²) >= 11 is 0. The highest BCUT2D eigenvalue weighted by Crippen LogP contribution is 2.37. The smallest absolute Gasteiger partial charge is 0.408 e. The number of hydrogen-bond acceptors (Lipinski definition) is 6. The molecule has 0 bridgehead atoms. The van der Waals surface area contributed by atoms with Gasteiger partial charge < -0.3 is 25.8 Å². The SMILES string of the molecule is COC(=O)[C@@H](Cc1ccc(NC(=O)C[C@@H](N)C2CCC(F)(F)CC2)cc1)NC(=O)OC(C)(C)C. The van der Waals surface area contributed by atoms with Crippen LogP contribution in [0.1, 0.15) is 58.4 Å². The van der Waals surface area contributed by atoms with Gasteiger partial charge in [-0.2, -0.15) is 0 Å². The van der Waals surface area contributed by atoms with Crippen molar-refractivity contribution in [1.82, 2.24) is 5.32 Å². The molecular weight excluding hydrogens is 448 g/mol. The fourth-order valence-corrected chi connectivity index (χ4v) is 3.83. The normalized spacial score (nSPS) is 17.9. The Morgan fingerprint density at radius 3 is 2.26 bits per heavy atom. The van der Waals surface area contributed by atoms with E-state index in [-0.39, 0.29) is 37.5 Å². The first kappa shape index (κ1) is 27.5. The van der Waals surface area contributed by atoms with Crippen molar-refractivity contribution in [3.63, 3.8) is 0 Å². The minimum Gasteiger partial charge on any atom is -0.467 e. The number of amides is 2. The van der Waals surface area contributed by atoms with E-state index in [0.29, 0.717) is 18.5 Å². The van der Waals surface area contributed by atoms with Crippen molar-refractivity contribution in [2.75, 3.05) is 12.4 Å². The number of nitrogens with two attached hydrogens (primary N) is 1. The van der Waals surface area contributed by atoms with Crippen LogP contribution in [-0.4, -0.2) is 48.7 Å². The maximum Gasteiger partial charge on any atom is 0.408 e. The van der Waals surface area contributed by atoms with Gasteiger partial charge in [-0.15, -0.1) is 0 Å². The molecule has 10 heteroatoms.